The molecule has 21 heavy (non-hydrogen) atoms. The normalized spacial score (nSPS) is 14.7. The fraction of sp³-hybridized carbons (Fsp3) is 0.438. The van der Waals surface area contributed by atoms with Gasteiger partial charge in [-0.25, -0.2) is 0 Å². The molecule has 0 bridgehead atoms. The predicted octanol–water partition coefficient (Wildman–Crippen LogP) is 5.08. The number of halogens is 2. The first kappa shape index (κ1) is 15.1. The minimum atomic E-state index is 0.845. The van der Waals surface area contributed by atoms with E-state index >= 15 is 0 Å². The fourth-order valence-electron chi connectivity index (χ4n) is 3.15. The summed E-state index contributed by atoms with van der Waals surface area (Å²) in [5.74, 6) is 0.845. The summed E-state index contributed by atoms with van der Waals surface area (Å²) in [7, 11) is 3.69. The number of nitrogens with one attached hydrogen (secondary N) is 1. The molecule has 0 atom stereocenters. The first-order valence-corrected chi connectivity index (χ1v) is 8.81. The van der Waals surface area contributed by atoms with Gasteiger partial charge in [0, 0.05) is 17.2 Å². The molecule has 0 radical (unpaired) electrons. The number of anilines is 1. The van der Waals surface area contributed by atoms with Gasteiger partial charge in [-0.3, -0.25) is 4.98 Å². The van der Waals surface area contributed by atoms with Crippen LogP contribution < -0.4 is 10.1 Å². The van der Waals surface area contributed by atoms with Crippen molar-refractivity contribution in [3.8, 4) is 5.75 Å². The first-order chi connectivity index (χ1) is 10.2. The third-order valence-corrected chi connectivity index (χ3v) is 5.30. The van der Waals surface area contributed by atoms with Gasteiger partial charge in [0.15, 0.2) is 0 Å². The average molecular weight is 414 g/mol. The van der Waals surface area contributed by atoms with Crippen LogP contribution >= 0.6 is 31.9 Å². The molecule has 2 aromatic rings. The molecule has 1 aliphatic rings. The van der Waals surface area contributed by atoms with E-state index in [9.17, 15) is 0 Å². The van der Waals surface area contributed by atoms with Crippen LogP contribution in [0.4, 0.5) is 5.69 Å². The van der Waals surface area contributed by atoms with Gasteiger partial charge in [-0.15, -0.1) is 0 Å². The number of rotatable bonds is 2. The highest BCUT2D eigenvalue weighted by Gasteiger charge is 2.21. The number of benzene rings is 1. The molecule has 0 unspecified atom stereocenters. The third kappa shape index (κ3) is 2.55. The molecule has 3 rings (SSSR count). The van der Waals surface area contributed by atoms with Crippen LogP contribution in [0.5, 0.6) is 5.75 Å². The Morgan fingerprint density at radius 2 is 1.90 bits per heavy atom. The minimum absolute atomic E-state index is 0.845. The van der Waals surface area contributed by atoms with Crippen molar-refractivity contribution in [1.29, 1.82) is 0 Å². The van der Waals surface area contributed by atoms with Crippen molar-refractivity contribution < 1.29 is 4.74 Å². The van der Waals surface area contributed by atoms with Gasteiger partial charge in [-0.2, -0.15) is 0 Å². The van der Waals surface area contributed by atoms with Crippen molar-refractivity contribution >= 4 is 48.5 Å². The van der Waals surface area contributed by atoms with Gasteiger partial charge in [0.25, 0.3) is 0 Å². The zero-order valence-corrected chi connectivity index (χ0v) is 15.4. The first-order valence-electron chi connectivity index (χ1n) is 7.22. The number of aryl methyl sites for hydroxylation is 1. The lowest BCUT2D eigenvalue weighted by Gasteiger charge is -2.18. The second kappa shape index (κ2) is 6.13. The molecule has 0 amide bonds. The Bertz CT molecular complexity index is 701. The smallest absolute Gasteiger partial charge is 0.144 e. The number of hydrogen-bond donors (Lipinski definition) is 1. The minimum Gasteiger partial charge on any atom is -0.495 e. The molecule has 0 saturated heterocycles. The summed E-state index contributed by atoms with van der Waals surface area (Å²) in [6.07, 6.45) is 5.87. The maximum atomic E-state index is 5.63. The molecule has 1 N–H and O–H groups in total. The maximum absolute atomic E-state index is 5.63. The highest BCUT2D eigenvalue weighted by atomic mass is 79.9. The summed E-state index contributed by atoms with van der Waals surface area (Å²) >= 11 is 7.24. The second-order valence-corrected chi connectivity index (χ2v) is 7.03. The van der Waals surface area contributed by atoms with E-state index in [-0.39, 0.29) is 0 Å². The van der Waals surface area contributed by atoms with Crippen molar-refractivity contribution in [3.63, 3.8) is 0 Å². The number of hydrogen-bond acceptors (Lipinski definition) is 3. The van der Waals surface area contributed by atoms with Gasteiger partial charge < -0.3 is 10.1 Å². The Balaban J connectivity index is 2.43. The lowest BCUT2D eigenvalue weighted by Crippen LogP contribution is -2.05. The molecule has 1 aliphatic carbocycles. The number of methoxy groups -OCH3 is 1. The topological polar surface area (TPSA) is 34.2 Å². The second-order valence-electron chi connectivity index (χ2n) is 5.32. The summed E-state index contributed by atoms with van der Waals surface area (Å²) in [6.45, 7) is 0. The lowest BCUT2D eigenvalue weighted by atomic mass is 10.0. The van der Waals surface area contributed by atoms with Gasteiger partial charge in [-0.05, 0) is 69.2 Å². The molecule has 0 spiro atoms. The summed E-state index contributed by atoms with van der Waals surface area (Å²) in [5.41, 5.74) is 4.72. The summed E-state index contributed by atoms with van der Waals surface area (Å²) in [6, 6.07) is 2.01. The van der Waals surface area contributed by atoms with Crippen LogP contribution in [0.2, 0.25) is 0 Å². The largest absolute Gasteiger partial charge is 0.495 e. The van der Waals surface area contributed by atoms with Gasteiger partial charge in [0.2, 0.25) is 0 Å². The monoisotopic (exact) mass is 412 g/mol. The SMILES string of the molecule is CNc1c2c(nc3c(Br)cc(Br)c(OC)c13)CCCCC2. The number of pyridine rings is 1. The highest BCUT2D eigenvalue weighted by molar-refractivity contribution is 9.11. The third-order valence-electron chi connectivity index (χ3n) is 4.10. The Labute approximate surface area is 141 Å². The van der Waals surface area contributed by atoms with Crippen LogP contribution in [-0.4, -0.2) is 19.1 Å². The van der Waals surface area contributed by atoms with E-state index in [1.54, 1.807) is 7.11 Å². The van der Waals surface area contributed by atoms with E-state index in [1.807, 2.05) is 13.1 Å². The molecule has 3 nitrogen and oxygen atoms in total. The van der Waals surface area contributed by atoms with Crippen molar-refractivity contribution in [1.82, 2.24) is 4.98 Å². The van der Waals surface area contributed by atoms with Crippen LogP contribution in [0.3, 0.4) is 0 Å². The van der Waals surface area contributed by atoms with E-state index in [0.29, 0.717) is 0 Å². The molecular formula is C16H18Br2N2O. The maximum Gasteiger partial charge on any atom is 0.144 e. The Kier molecular flexibility index (Phi) is 4.41. The highest BCUT2D eigenvalue weighted by Crippen LogP contribution is 2.44. The summed E-state index contributed by atoms with van der Waals surface area (Å²) < 4.78 is 7.57. The van der Waals surface area contributed by atoms with Gasteiger partial charge in [-0.1, -0.05) is 6.42 Å². The van der Waals surface area contributed by atoms with E-state index in [0.717, 1.165) is 44.1 Å². The van der Waals surface area contributed by atoms with E-state index < -0.39 is 0 Å². The van der Waals surface area contributed by atoms with E-state index in [2.05, 4.69) is 37.2 Å². The number of nitrogens with zero attached hydrogens (tertiary/aromatic N) is 1. The molecule has 0 aliphatic heterocycles. The van der Waals surface area contributed by atoms with Crippen LogP contribution in [0.15, 0.2) is 15.0 Å². The number of ether oxygens (including phenoxy) is 1. The molecule has 1 heterocycles. The van der Waals surface area contributed by atoms with Crippen molar-refractivity contribution in [2.75, 3.05) is 19.5 Å². The van der Waals surface area contributed by atoms with E-state index in [1.165, 1.54) is 30.5 Å². The lowest BCUT2D eigenvalue weighted by molar-refractivity contribution is 0.417. The van der Waals surface area contributed by atoms with Crippen molar-refractivity contribution in [3.05, 3.63) is 26.3 Å². The Hall–Kier alpha value is -0.810. The standard InChI is InChI=1S/C16H18Br2N2O/c1-19-14-9-6-4-3-5-7-12(9)20-15-10(17)8-11(18)16(21-2)13(14)15/h8H,3-7H2,1-2H3,(H,19,20). The average Bonchev–Trinajstić information content (AvgIpc) is 2.71. The molecule has 1 aromatic carbocycles. The van der Waals surface area contributed by atoms with Gasteiger partial charge in [0.1, 0.15) is 5.75 Å². The van der Waals surface area contributed by atoms with Gasteiger partial charge in [0.05, 0.1) is 28.2 Å². The zero-order valence-electron chi connectivity index (χ0n) is 12.2. The van der Waals surface area contributed by atoms with Crippen LogP contribution in [0, 0.1) is 0 Å². The van der Waals surface area contributed by atoms with Crippen LogP contribution in [0.25, 0.3) is 10.9 Å². The predicted molar refractivity (Wildman–Crippen MR) is 94.5 cm³/mol. The molecule has 5 heteroatoms. The molecular weight excluding hydrogens is 396 g/mol. The van der Waals surface area contributed by atoms with E-state index in [4.69, 9.17) is 9.72 Å². The Morgan fingerprint density at radius 3 is 2.62 bits per heavy atom. The van der Waals surface area contributed by atoms with Crippen molar-refractivity contribution in [2.45, 2.75) is 32.1 Å². The van der Waals surface area contributed by atoms with Gasteiger partial charge >= 0.3 is 0 Å². The van der Waals surface area contributed by atoms with Crippen molar-refractivity contribution in [2.24, 2.45) is 0 Å². The zero-order chi connectivity index (χ0) is 15.0. The molecule has 0 fully saturated rings. The quantitative estimate of drug-likeness (QED) is 0.697. The summed E-state index contributed by atoms with van der Waals surface area (Å²) in [4.78, 5) is 4.95. The number of aromatic nitrogens is 1. The molecule has 1 aromatic heterocycles. The number of fused-ring (bicyclic) bond motifs is 2. The van der Waals surface area contributed by atoms with Crippen LogP contribution in [0.1, 0.15) is 30.5 Å². The summed E-state index contributed by atoms with van der Waals surface area (Å²) in [5, 5.41) is 4.45. The molecule has 112 valence electrons. The van der Waals surface area contributed by atoms with Crippen LogP contribution in [-0.2, 0) is 12.8 Å². The Morgan fingerprint density at radius 1 is 1.14 bits per heavy atom. The molecule has 0 saturated carbocycles. The fourth-order valence-corrected chi connectivity index (χ4v) is 4.56.